The van der Waals surface area contributed by atoms with Gasteiger partial charge in [0.1, 0.15) is 11.9 Å². The SMILES string of the molecule is O=S1(=O)CCC(Oc2ccc(CBr)nc2)C1. The van der Waals surface area contributed by atoms with Crippen molar-refractivity contribution in [3.8, 4) is 5.75 Å². The largest absolute Gasteiger partial charge is 0.488 e. The molecule has 0 N–H and O–H groups in total. The molecule has 0 spiro atoms. The molecule has 0 radical (unpaired) electrons. The molecular formula is C10H12BrNO3S. The molecule has 0 bridgehead atoms. The van der Waals surface area contributed by atoms with Crippen LogP contribution in [-0.2, 0) is 15.2 Å². The number of pyridine rings is 1. The molecule has 2 rings (SSSR count). The summed E-state index contributed by atoms with van der Waals surface area (Å²) in [5, 5.41) is 0.699. The second-order valence-electron chi connectivity index (χ2n) is 3.76. The molecule has 1 fully saturated rings. The smallest absolute Gasteiger partial charge is 0.154 e. The Labute approximate surface area is 103 Å². The van der Waals surface area contributed by atoms with Crippen molar-refractivity contribution in [3.63, 3.8) is 0 Å². The van der Waals surface area contributed by atoms with Gasteiger partial charge in [-0.25, -0.2) is 8.42 Å². The summed E-state index contributed by atoms with van der Waals surface area (Å²) < 4.78 is 28.0. The van der Waals surface area contributed by atoms with Gasteiger partial charge in [-0.1, -0.05) is 15.9 Å². The van der Waals surface area contributed by atoms with Crippen molar-refractivity contribution in [3.05, 3.63) is 24.0 Å². The fraction of sp³-hybridized carbons (Fsp3) is 0.500. The lowest BCUT2D eigenvalue weighted by molar-refractivity contribution is 0.228. The maximum atomic E-state index is 11.2. The first-order valence-corrected chi connectivity index (χ1v) is 7.91. The Hall–Kier alpha value is -0.620. The van der Waals surface area contributed by atoms with E-state index in [1.165, 1.54) is 0 Å². The summed E-state index contributed by atoms with van der Waals surface area (Å²) in [5.74, 6) is 0.976. The van der Waals surface area contributed by atoms with Crippen LogP contribution in [0.2, 0.25) is 0 Å². The molecule has 1 aliphatic rings. The van der Waals surface area contributed by atoms with Crippen molar-refractivity contribution in [2.45, 2.75) is 17.9 Å². The molecule has 0 saturated carbocycles. The van der Waals surface area contributed by atoms with Gasteiger partial charge < -0.3 is 4.74 Å². The number of hydrogen-bond acceptors (Lipinski definition) is 4. The zero-order valence-electron chi connectivity index (χ0n) is 8.60. The van der Waals surface area contributed by atoms with Crippen LogP contribution >= 0.6 is 15.9 Å². The van der Waals surface area contributed by atoms with Crippen LogP contribution in [0.1, 0.15) is 12.1 Å². The van der Waals surface area contributed by atoms with Gasteiger partial charge in [0.25, 0.3) is 0 Å². The molecule has 1 aromatic rings. The number of nitrogens with zero attached hydrogens (tertiary/aromatic N) is 1. The Morgan fingerprint density at radius 3 is 2.81 bits per heavy atom. The summed E-state index contributed by atoms with van der Waals surface area (Å²) >= 11 is 3.30. The van der Waals surface area contributed by atoms with Crippen LogP contribution in [0.3, 0.4) is 0 Å². The highest BCUT2D eigenvalue weighted by molar-refractivity contribution is 9.08. The second-order valence-corrected chi connectivity index (χ2v) is 6.55. The number of alkyl halides is 1. The normalized spacial score (nSPS) is 23.2. The van der Waals surface area contributed by atoms with Gasteiger partial charge in [0.2, 0.25) is 0 Å². The maximum Gasteiger partial charge on any atom is 0.154 e. The van der Waals surface area contributed by atoms with E-state index >= 15 is 0 Å². The first-order chi connectivity index (χ1) is 7.59. The highest BCUT2D eigenvalue weighted by atomic mass is 79.9. The fourth-order valence-corrected chi connectivity index (χ4v) is 3.53. The van der Waals surface area contributed by atoms with Crippen molar-refractivity contribution < 1.29 is 13.2 Å². The lowest BCUT2D eigenvalue weighted by atomic mass is 10.3. The van der Waals surface area contributed by atoms with Gasteiger partial charge >= 0.3 is 0 Å². The number of hydrogen-bond donors (Lipinski definition) is 0. The van der Waals surface area contributed by atoms with Crippen LogP contribution in [0.15, 0.2) is 18.3 Å². The number of halogens is 1. The summed E-state index contributed by atoms with van der Waals surface area (Å²) in [5.41, 5.74) is 0.923. The van der Waals surface area contributed by atoms with Gasteiger partial charge in [-0.05, 0) is 18.6 Å². The van der Waals surface area contributed by atoms with Crippen molar-refractivity contribution >= 4 is 25.8 Å². The molecule has 1 aliphatic heterocycles. The van der Waals surface area contributed by atoms with E-state index in [1.807, 2.05) is 12.1 Å². The van der Waals surface area contributed by atoms with Gasteiger partial charge in [-0.15, -0.1) is 0 Å². The number of rotatable bonds is 3. The fourth-order valence-electron chi connectivity index (χ4n) is 1.61. The van der Waals surface area contributed by atoms with Crippen molar-refractivity contribution in [2.75, 3.05) is 11.5 Å². The molecule has 88 valence electrons. The maximum absolute atomic E-state index is 11.2. The lowest BCUT2D eigenvalue weighted by Gasteiger charge is -2.11. The third-order valence-corrected chi connectivity index (χ3v) is 4.74. The molecule has 0 amide bonds. The van der Waals surface area contributed by atoms with Gasteiger partial charge in [-0.2, -0.15) is 0 Å². The molecule has 1 atom stereocenters. The van der Waals surface area contributed by atoms with Crippen molar-refractivity contribution in [1.29, 1.82) is 0 Å². The van der Waals surface area contributed by atoms with Crippen LogP contribution in [0.4, 0.5) is 0 Å². The van der Waals surface area contributed by atoms with Gasteiger partial charge in [0.15, 0.2) is 9.84 Å². The number of aromatic nitrogens is 1. The predicted octanol–water partition coefficient (Wildman–Crippen LogP) is 1.54. The highest BCUT2D eigenvalue weighted by Crippen LogP contribution is 2.19. The van der Waals surface area contributed by atoms with Crippen LogP contribution in [-0.4, -0.2) is 31.0 Å². The molecule has 2 heterocycles. The van der Waals surface area contributed by atoms with E-state index in [1.54, 1.807) is 6.20 Å². The molecule has 16 heavy (non-hydrogen) atoms. The topological polar surface area (TPSA) is 56.3 Å². The third kappa shape index (κ3) is 2.95. The minimum atomic E-state index is -2.88. The summed E-state index contributed by atoms with van der Waals surface area (Å²) in [4.78, 5) is 4.15. The van der Waals surface area contributed by atoms with E-state index in [2.05, 4.69) is 20.9 Å². The van der Waals surface area contributed by atoms with Crippen LogP contribution < -0.4 is 4.74 Å². The standard InChI is InChI=1S/C10H12BrNO3S/c11-5-8-1-2-9(6-12-8)15-10-3-4-16(13,14)7-10/h1-2,6,10H,3-5,7H2. The van der Waals surface area contributed by atoms with Crippen molar-refractivity contribution in [1.82, 2.24) is 4.98 Å². The van der Waals surface area contributed by atoms with Crippen LogP contribution in [0.25, 0.3) is 0 Å². The van der Waals surface area contributed by atoms with Gasteiger partial charge in [-0.3, -0.25) is 4.98 Å². The van der Waals surface area contributed by atoms with Gasteiger partial charge in [0, 0.05) is 5.33 Å². The molecule has 1 saturated heterocycles. The number of sulfone groups is 1. The van der Waals surface area contributed by atoms with Crippen LogP contribution in [0.5, 0.6) is 5.75 Å². The predicted molar refractivity (Wildman–Crippen MR) is 64.6 cm³/mol. The van der Waals surface area contributed by atoms with Crippen molar-refractivity contribution in [2.24, 2.45) is 0 Å². The average molecular weight is 306 g/mol. The van der Waals surface area contributed by atoms with E-state index in [0.29, 0.717) is 17.5 Å². The first-order valence-electron chi connectivity index (χ1n) is 4.97. The molecule has 0 aliphatic carbocycles. The summed E-state index contributed by atoms with van der Waals surface area (Å²) in [6.07, 6.45) is 1.98. The minimum absolute atomic E-state index is 0.118. The second kappa shape index (κ2) is 4.71. The van der Waals surface area contributed by atoms with E-state index in [0.717, 1.165) is 5.69 Å². The quantitative estimate of drug-likeness (QED) is 0.795. The summed E-state index contributed by atoms with van der Waals surface area (Å²) in [6, 6.07) is 3.67. The van der Waals surface area contributed by atoms with E-state index in [4.69, 9.17) is 4.74 Å². The Kier molecular flexibility index (Phi) is 3.49. The Morgan fingerprint density at radius 2 is 2.31 bits per heavy atom. The van der Waals surface area contributed by atoms with Gasteiger partial charge in [0.05, 0.1) is 23.4 Å². The average Bonchev–Trinajstić information content (AvgIpc) is 2.59. The Bertz CT molecular complexity index is 457. The minimum Gasteiger partial charge on any atom is -0.488 e. The van der Waals surface area contributed by atoms with E-state index < -0.39 is 9.84 Å². The zero-order valence-corrected chi connectivity index (χ0v) is 11.0. The molecule has 6 heteroatoms. The molecule has 1 unspecified atom stereocenters. The van der Waals surface area contributed by atoms with E-state index in [-0.39, 0.29) is 17.6 Å². The Balaban J connectivity index is 1.99. The Morgan fingerprint density at radius 1 is 1.50 bits per heavy atom. The molecule has 0 aromatic carbocycles. The summed E-state index contributed by atoms with van der Waals surface area (Å²) in [7, 11) is -2.88. The highest BCUT2D eigenvalue weighted by Gasteiger charge is 2.29. The first kappa shape index (κ1) is 11.9. The van der Waals surface area contributed by atoms with Crippen LogP contribution in [0, 0.1) is 0 Å². The third-order valence-electron chi connectivity index (χ3n) is 2.43. The molecular weight excluding hydrogens is 294 g/mol. The zero-order chi connectivity index (χ0) is 11.6. The van der Waals surface area contributed by atoms with E-state index in [9.17, 15) is 8.42 Å². The monoisotopic (exact) mass is 305 g/mol. The molecule has 4 nitrogen and oxygen atoms in total. The number of ether oxygens (including phenoxy) is 1. The lowest BCUT2D eigenvalue weighted by Crippen LogP contribution is -2.17. The summed E-state index contributed by atoms with van der Waals surface area (Å²) in [6.45, 7) is 0. The molecule has 1 aromatic heterocycles.